The first-order valence-electron chi connectivity index (χ1n) is 15.9. The lowest BCUT2D eigenvalue weighted by molar-refractivity contribution is -0.165. The molecule has 5 rings (SSSR count). The quantitative estimate of drug-likeness (QED) is 0.189. The summed E-state index contributed by atoms with van der Waals surface area (Å²) in [6.45, 7) is 4.89. The summed E-state index contributed by atoms with van der Waals surface area (Å²) in [6, 6.07) is 19.3. The number of hydrogen-bond donors (Lipinski definition) is 1. The molecule has 4 atom stereocenters. The van der Waals surface area contributed by atoms with E-state index in [1.165, 1.54) is 21.9 Å². The van der Waals surface area contributed by atoms with Gasteiger partial charge in [0.2, 0.25) is 11.8 Å². The van der Waals surface area contributed by atoms with Crippen LogP contribution in [0.3, 0.4) is 0 Å². The Morgan fingerprint density at radius 2 is 1.65 bits per heavy atom. The standard InChI is InChI=1S/C37H38F3N3O6/c1-36(2,3)49-31(44)20-19-29(33(45)41-22-25-13-10-16-27(21-25)37(38,39)40)42-28(18-17-24-11-6-4-7-12-24)32(34(42)46)43-30(23-48-35(43)47)26-14-8-5-9-15-26/h4-18,21,28-30,32H,19-20,22-23H2,1-3H3,(H,41,45)/t28?,29?,30-,32?/m1/s1. The van der Waals surface area contributed by atoms with Crippen LogP contribution in [0.2, 0.25) is 0 Å². The molecular weight excluding hydrogens is 639 g/mol. The Hall–Kier alpha value is -5.13. The number of β-lactam (4-membered cyclic amide) rings is 1. The van der Waals surface area contributed by atoms with Crippen LogP contribution in [-0.4, -0.2) is 64.0 Å². The van der Waals surface area contributed by atoms with E-state index in [0.29, 0.717) is 0 Å². The van der Waals surface area contributed by atoms with E-state index in [0.717, 1.165) is 23.3 Å². The third kappa shape index (κ3) is 8.48. The molecule has 2 saturated heterocycles. The maximum atomic E-state index is 14.2. The minimum Gasteiger partial charge on any atom is -0.460 e. The molecule has 0 saturated carbocycles. The van der Waals surface area contributed by atoms with Crippen LogP contribution >= 0.6 is 0 Å². The number of ether oxygens (including phenoxy) is 2. The van der Waals surface area contributed by atoms with Crippen LogP contribution in [0, 0.1) is 0 Å². The van der Waals surface area contributed by atoms with Crippen LogP contribution in [-0.2, 0) is 36.6 Å². The molecule has 0 aliphatic carbocycles. The van der Waals surface area contributed by atoms with Gasteiger partial charge in [-0.1, -0.05) is 84.9 Å². The number of esters is 1. The van der Waals surface area contributed by atoms with E-state index in [1.54, 1.807) is 32.9 Å². The normalized spacial score (nSPS) is 20.2. The number of amides is 3. The van der Waals surface area contributed by atoms with Gasteiger partial charge in [-0.05, 0) is 56.0 Å². The first kappa shape index (κ1) is 35.2. The van der Waals surface area contributed by atoms with Crippen molar-refractivity contribution >= 4 is 30.0 Å². The molecular formula is C37H38F3N3O6. The van der Waals surface area contributed by atoms with E-state index in [9.17, 15) is 32.3 Å². The van der Waals surface area contributed by atoms with Gasteiger partial charge in [-0.2, -0.15) is 13.2 Å². The molecule has 2 aliphatic heterocycles. The zero-order chi connectivity index (χ0) is 35.3. The number of rotatable bonds is 11. The number of hydrogen-bond acceptors (Lipinski definition) is 6. The molecule has 3 amide bonds. The third-order valence-corrected chi connectivity index (χ3v) is 8.23. The Morgan fingerprint density at radius 3 is 2.31 bits per heavy atom. The van der Waals surface area contributed by atoms with Gasteiger partial charge in [-0.25, -0.2) is 4.79 Å². The fourth-order valence-electron chi connectivity index (χ4n) is 6.01. The fraction of sp³-hybridized carbons (Fsp3) is 0.351. The molecule has 49 heavy (non-hydrogen) atoms. The third-order valence-electron chi connectivity index (χ3n) is 8.23. The van der Waals surface area contributed by atoms with E-state index in [4.69, 9.17) is 9.47 Å². The van der Waals surface area contributed by atoms with E-state index in [2.05, 4.69) is 5.32 Å². The SMILES string of the molecule is CC(C)(C)OC(=O)CCC(C(=O)NCc1cccc(C(F)(F)F)c1)N1C(=O)C(N2C(=O)OC[C@@H]2c2ccccc2)C1C=Cc1ccccc1. The Balaban J connectivity index is 1.46. The number of alkyl halides is 3. The van der Waals surface area contributed by atoms with Crippen molar-refractivity contribution in [2.45, 2.75) is 76.1 Å². The van der Waals surface area contributed by atoms with Crippen LogP contribution in [0.4, 0.5) is 18.0 Å². The number of carbonyl (C=O) groups excluding carboxylic acids is 4. The van der Waals surface area contributed by atoms with Gasteiger partial charge in [0.1, 0.15) is 24.3 Å². The second kappa shape index (κ2) is 14.6. The number of carbonyl (C=O) groups is 4. The maximum absolute atomic E-state index is 14.2. The van der Waals surface area contributed by atoms with Gasteiger partial charge < -0.3 is 19.7 Å². The van der Waals surface area contributed by atoms with Crippen molar-refractivity contribution in [1.29, 1.82) is 0 Å². The van der Waals surface area contributed by atoms with Gasteiger partial charge in [0.15, 0.2) is 0 Å². The number of benzene rings is 3. The van der Waals surface area contributed by atoms with E-state index in [-0.39, 0.29) is 31.6 Å². The average Bonchev–Trinajstić information content (AvgIpc) is 3.43. The van der Waals surface area contributed by atoms with Crippen molar-refractivity contribution in [3.05, 3.63) is 113 Å². The highest BCUT2D eigenvalue weighted by Gasteiger charge is 2.58. The van der Waals surface area contributed by atoms with Crippen LogP contribution in [0.5, 0.6) is 0 Å². The molecule has 12 heteroatoms. The van der Waals surface area contributed by atoms with Crippen LogP contribution in [0.15, 0.2) is 91.0 Å². The van der Waals surface area contributed by atoms with Crippen LogP contribution in [0.25, 0.3) is 6.08 Å². The Bertz CT molecular complexity index is 1690. The Labute approximate surface area is 282 Å². The summed E-state index contributed by atoms with van der Waals surface area (Å²) in [4.78, 5) is 56.7. The summed E-state index contributed by atoms with van der Waals surface area (Å²) >= 11 is 0. The lowest BCUT2D eigenvalue weighted by atomic mass is 9.87. The lowest BCUT2D eigenvalue weighted by Gasteiger charge is -2.52. The summed E-state index contributed by atoms with van der Waals surface area (Å²) in [6.07, 6.45) is -2.09. The Morgan fingerprint density at radius 1 is 0.980 bits per heavy atom. The van der Waals surface area contributed by atoms with Crippen LogP contribution < -0.4 is 5.32 Å². The number of nitrogens with zero attached hydrogens (tertiary/aromatic N) is 2. The van der Waals surface area contributed by atoms with Crippen molar-refractivity contribution < 1.29 is 41.8 Å². The smallest absolute Gasteiger partial charge is 0.416 e. The molecule has 2 fully saturated rings. The van der Waals surface area contributed by atoms with E-state index in [1.807, 2.05) is 60.7 Å². The number of nitrogens with one attached hydrogen (secondary N) is 1. The largest absolute Gasteiger partial charge is 0.460 e. The Kier molecular flexibility index (Phi) is 10.4. The first-order valence-corrected chi connectivity index (χ1v) is 15.9. The molecule has 0 bridgehead atoms. The molecule has 3 aromatic rings. The molecule has 0 radical (unpaired) electrons. The predicted molar refractivity (Wildman–Crippen MR) is 174 cm³/mol. The average molecular weight is 678 g/mol. The van der Waals surface area contributed by atoms with Gasteiger partial charge >= 0.3 is 18.2 Å². The minimum absolute atomic E-state index is 0.0291. The zero-order valence-electron chi connectivity index (χ0n) is 27.4. The molecule has 9 nitrogen and oxygen atoms in total. The molecule has 258 valence electrons. The monoisotopic (exact) mass is 677 g/mol. The second-order valence-electron chi connectivity index (χ2n) is 12.9. The van der Waals surface area contributed by atoms with Crippen LogP contribution in [0.1, 0.15) is 61.9 Å². The molecule has 1 N–H and O–H groups in total. The number of cyclic esters (lactones) is 1. The molecule has 0 spiro atoms. The van der Waals surface area contributed by atoms with E-state index >= 15 is 0 Å². The summed E-state index contributed by atoms with van der Waals surface area (Å²) in [7, 11) is 0. The van der Waals surface area contributed by atoms with Gasteiger partial charge in [0.05, 0.1) is 17.6 Å². The summed E-state index contributed by atoms with van der Waals surface area (Å²) in [5, 5.41) is 2.66. The van der Waals surface area contributed by atoms with Crippen molar-refractivity contribution in [2.75, 3.05) is 6.61 Å². The minimum atomic E-state index is -4.57. The van der Waals surface area contributed by atoms with Crippen molar-refractivity contribution in [3.63, 3.8) is 0 Å². The van der Waals surface area contributed by atoms with Gasteiger partial charge in [0, 0.05) is 13.0 Å². The summed E-state index contributed by atoms with van der Waals surface area (Å²) in [5.74, 6) is -1.79. The van der Waals surface area contributed by atoms with Gasteiger partial charge in [-0.15, -0.1) is 0 Å². The predicted octanol–water partition coefficient (Wildman–Crippen LogP) is 6.30. The topological polar surface area (TPSA) is 105 Å². The molecule has 3 aromatic carbocycles. The highest BCUT2D eigenvalue weighted by atomic mass is 19.4. The molecule has 3 unspecified atom stereocenters. The second-order valence-corrected chi connectivity index (χ2v) is 12.9. The van der Waals surface area contributed by atoms with Crippen molar-refractivity contribution in [3.8, 4) is 0 Å². The summed E-state index contributed by atoms with van der Waals surface area (Å²) < 4.78 is 50.9. The maximum Gasteiger partial charge on any atom is 0.416 e. The number of likely N-dealkylation sites (tertiary alicyclic amines) is 1. The van der Waals surface area contributed by atoms with Gasteiger partial charge in [-0.3, -0.25) is 19.3 Å². The zero-order valence-corrected chi connectivity index (χ0v) is 27.4. The van der Waals surface area contributed by atoms with Crippen molar-refractivity contribution in [1.82, 2.24) is 15.1 Å². The molecule has 2 heterocycles. The van der Waals surface area contributed by atoms with E-state index < -0.39 is 65.4 Å². The summed E-state index contributed by atoms with van der Waals surface area (Å²) in [5.41, 5.74) is 0.125. The highest BCUT2D eigenvalue weighted by molar-refractivity contribution is 5.98. The van der Waals surface area contributed by atoms with Gasteiger partial charge in [0.25, 0.3) is 0 Å². The molecule has 0 aromatic heterocycles. The molecule has 2 aliphatic rings. The highest BCUT2D eigenvalue weighted by Crippen LogP contribution is 2.39. The van der Waals surface area contributed by atoms with Crippen molar-refractivity contribution in [2.24, 2.45) is 0 Å². The fourth-order valence-corrected chi connectivity index (χ4v) is 6.01. The number of halogens is 3. The lowest BCUT2D eigenvalue weighted by Crippen LogP contribution is -2.74. The first-order chi connectivity index (χ1) is 23.2.